The molecule has 0 spiro atoms. The summed E-state index contributed by atoms with van der Waals surface area (Å²) in [6.07, 6.45) is 1.49. The van der Waals surface area contributed by atoms with E-state index >= 15 is 0 Å². The van der Waals surface area contributed by atoms with Gasteiger partial charge in [0.1, 0.15) is 17.9 Å². The molecule has 3 aromatic rings. The van der Waals surface area contributed by atoms with Gasteiger partial charge < -0.3 is 25.2 Å². The lowest BCUT2D eigenvalue weighted by Crippen LogP contribution is -2.05. The van der Waals surface area contributed by atoms with Crippen LogP contribution in [-0.2, 0) is 11.3 Å². The Labute approximate surface area is 136 Å². The SMILES string of the molecule is O=C(OCc1ccnc2c(O)cccc12)c1cc(O)c(O)c(O)c1. The summed E-state index contributed by atoms with van der Waals surface area (Å²) in [6.45, 7) is -0.0935. The number of carbonyl (C=O) groups excluding carboxylic acids is 1. The van der Waals surface area contributed by atoms with Crippen molar-refractivity contribution in [3.63, 3.8) is 0 Å². The second-order valence-electron chi connectivity index (χ2n) is 5.08. The van der Waals surface area contributed by atoms with Crippen LogP contribution in [0.25, 0.3) is 10.9 Å². The fourth-order valence-electron chi connectivity index (χ4n) is 2.29. The first-order valence-corrected chi connectivity index (χ1v) is 6.95. The molecule has 0 fully saturated rings. The van der Waals surface area contributed by atoms with Crippen molar-refractivity contribution in [2.24, 2.45) is 0 Å². The van der Waals surface area contributed by atoms with Gasteiger partial charge in [-0.3, -0.25) is 4.98 Å². The number of pyridine rings is 1. The zero-order valence-corrected chi connectivity index (χ0v) is 12.3. The summed E-state index contributed by atoms with van der Waals surface area (Å²) in [7, 11) is 0. The summed E-state index contributed by atoms with van der Waals surface area (Å²) in [5.41, 5.74) is 0.923. The van der Waals surface area contributed by atoms with Gasteiger partial charge in [0.15, 0.2) is 17.2 Å². The first kappa shape index (κ1) is 15.4. The van der Waals surface area contributed by atoms with Crippen molar-refractivity contribution in [2.75, 3.05) is 0 Å². The summed E-state index contributed by atoms with van der Waals surface area (Å²) in [4.78, 5) is 16.1. The Balaban J connectivity index is 1.84. The van der Waals surface area contributed by atoms with Crippen molar-refractivity contribution in [1.82, 2.24) is 4.98 Å². The number of benzene rings is 2. The van der Waals surface area contributed by atoms with Crippen LogP contribution in [-0.4, -0.2) is 31.4 Å². The lowest BCUT2D eigenvalue weighted by atomic mass is 10.1. The predicted molar refractivity (Wildman–Crippen MR) is 84.0 cm³/mol. The molecule has 0 aliphatic heterocycles. The van der Waals surface area contributed by atoms with E-state index in [0.717, 1.165) is 12.1 Å². The summed E-state index contributed by atoms with van der Waals surface area (Å²) in [5, 5.41) is 38.6. The molecule has 1 aromatic heterocycles. The van der Waals surface area contributed by atoms with Crippen molar-refractivity contribution in [3.8, 4) is 23.0 Å². The Morgan fingerprint density at radius 3 is 2.42 bits per heavy atom. The number of para-hydroxylation sites is 1. The van der Waals surface area contributed by atoms with Crippen LogP contribution in [0.2, 0.25) is 0 Å². The predicted octanol–water partition coefficient (Wildman–Crippen LogP) is 2.41. The molecule has 122 valence electrons. The van der Waals surface area contributed by atoms with Gasteiger partial charge in [0.2, 0.25) is 0 Å². The minimum Gasteiger partial charge on any atom is -0.506 e. The summed E-state index contributed by atoms with van der Waals surface area (Å²) in [6, 6.07) is 8.54. The molecule has 2 aromatic carbocycles. The number of carbonyl (C=O) groups is 1. The van der Waals surface area contributed by atoms with Gasteiger partial charge in [-0.15, -0.1) is 0 Å². The number of hydrogen-bond donors (Lipinski definition) is 4. The van der Waals surface area contributed by atoms with Crippen molar-refractivity contribution in [1.29, 1.82) is 0 Å². The third-order valence-electron chi connectivity index (χ3n) is 3.50. The summed E-state index contributed by atoms with van der Waals surface area (Å²) >= 11 is 0. The van der Waals surface area contributed by atoms with Crippen molar-refractivity contribution in [2.45, 2.75) is 6.61 Å². The van der Waals surface area contributed by atoms with Crippen LogP contribution in [0.3, 0.4) is 0 Å². The lowest BCUT2D eigenvalue weighted by Gasteiger charge is -2.09. The number of fused-ring (bicyclic) bond motifs is 1. The van der Waals surface area contributed by atoms with Gasteiger partial charge in [0, 0.05) is 17.1 Å². The minimum atomic E-state index is -0.786. The number of aromatic nitrogens is 1. The average molecular weight is 327 g/mol. The molecule has 0 atom stereocenters. The summed E-state index contributed by atoms with van der Waals surface area (Å²) < 4.78 is 5.16. The molecular formula is C17H13NO6. The van der Waals surface area contributed by atoms with Gasteiger partial charge in [-0.2, -0.15) is 0 Å². The average Bonchev–Trinajstić information content (AvgIpc) is 2.57. The Bertz CT molecular complexity index is 915. The Hall–Kier alpha value is -3.48. The Kier molecular flexibility index (Phi) is 3.83. The van der Waals surface area contributed by atoms with Crippen LogP contribution in [0.1, 0.15) is 15.9 Å². The maximum absolute atomic E-state index is 12.0. The molecule has 7 nitrogen and oxygen atoms in total. The van der Waals surface area contributed by atoms with Crippen LogP contribution in [0.15, 0.2) is 42.6 Å². The quantitative estimate of drug-likeness (QED) is 0.430. The van der Waals surface area contributed by atoms with E-state index in [4.69, 9.17) is 4.74 Å². The Morgan fingerprint density at radius 2 is 1.71 bits per heavy atom. The maximum atomic E-state index is 12.0. The molecular weight excluding hydrogens is 314 g/mol. The highest BCUT2D eigenvalue weighted by Crippen LogP contribution is 2.35. The van der Waals surface area contributed by atoms with E-state index in [0.29, 0.717) is 16.5 Å². The van der Waals surface area contributed by atoms with E-state index in [1.54, 1.807) is 18.2 Å². The lowest BCUT2D eigenvalue weighted by molar-refractivity contribution is 0.0473. The number of phenols is 4. The zero-order valence-electron chi connectivity index (χ0n) is 12.3. The van der Waals surface area contributed by atoms with Gasteiger partial charge in [0.25, 0.3) is 0 Å². The van der Waals surface area contributed by atoms with Gasteiger partial charge >= 0.3 is 5.97 Å². The third kappa shape index (κ3) is 2.74. The molecule has 3 rings (SSSR count). The Morgan fingerprint density at radius 1 is 1.00 bits per heavy atom. The molecule has 4 N–H and O–H groups in total. The van der Waals surface area contributed by atoms with Crippen LogP contribution in [0.4, 0.5) is 0 Å². The molecule has 0 unspecified atom stereocenters. The first-order valence-electron chi connectivity index (χ1n) is 6.95. The molecule has 1 heterocycles. The molecule has 0 aliphatic rings. The van der Waals surface area contributed by atoms with Crippen LogP contribution < -0.4 is 0 Å². The molecule has 0 amide bonds. The second kappa shape index (κ2) is 5.96. The number of rotatable bonds is 3. The van der Waals surface area contributed by atoms with E-state index in [2.05, 4.69) is 4.98 Å². The molecule has 0 saturated carbocycles. The normalized spacial score (nSPS) is 10.7. The molecule has 0 radical (unpaired) electrons. The number of ether oxygens (including phenoxy) is 1. The van der Waals surface area contributed by atoms with Crippen LogP contribution in [0.5, 0.6) is 23.0 Å². The number of nitrogens with zero attached hydrogens (tertiary/aromatic N) is 1. The number of hydrogen-bond acceptors (Lipinski definition) is 7. The first-order chi connectivity index (χ1) is 11.5. The zero-order chi connectivity index (χ0) is 17.3. The highest BCUT2D eigenvalue weighted by molar-refractivity contribution is 5.91. The largest absolute Gasteiger partial charge is 0.506 e. The van der Waals surface area contributed by atoms with E-state index < -0.39 is 23.2 Å². The fourth-order valence-corrected chi connectivity index (χ4v) is 2.29. The monoisotopic (exact) mass is 327 g/mol. The van der Waals surface area contributed by atoms with Crippen LogP contribution >= 0.6 is 0 Å². The molecule has 0 saturated heterocycles. The van der Waals surface area contributed by atoms with Crippen molar-refractivity contribution in [3.05, 3.63) is 53.7 Å². The van der Waals surface area contributed by atoms with E-state index in [-0.39, 0.29) is 17.9 Å². The molecule has 0 aliphatic carbocycles. The second-order valence-corrected chi connectivity index (χ2v) is 5.08. The van der Waals surface area contributed by atoms with Gasteiger partial charge in [-0.05, 0) is 24.3 Å². The topological polar surface area (TPSA) is 120 Å². The molecule has 7 heteroatoms. The highest BCUT2D eigenvalue weighted by Gasteiger charge is 2.15. The van der Waals surface area contributed by atoms with E-state index in [1.165, 1.54) is 12.3 Å². The summed E-state index contributed by atoms with van der Waals surface area (Å²) in [5.74, 6) is -2.72. The van der Waals surface area contributed by atoms with Gasteiger partial charge in [-0.25, -0.2) is 4.79 Å². The fraction of sp³-hybridized carbons (Fsp3) is 0.0588. The van der Waals surface area contributed by atoms with E-state index in [9.17, 15) is 25.2 Å². The standard InChI is InChI=1S/C17H13NO6/c19-12-3-1-2-11-9(4-5-18-15(11)12)8-24-17(23)10-6-13(20)16(22)14(21)7-10/h1-7,19-22H,8H2. The molecule has 24 heavy (non-hydrogen) atoms. The van der Waals surface area contributed by atoms with Crippen molar-refractivity contribution >= 4 is 16.9 Å². The minimum absolute atomic E-state index is 0.0223. The third-order valence-corrected chi connectivity index (χ3v) is 3.50. The number of aromatic hydroxyl groups is 4. The van der Waals surface area contributed by atoms with Gasteiger partial charge in [0.05, 0.1) is 5.56 Å². The highest BCUT2D eigenvalue weighted by atomic mass is 16.5. The van der Waals surface area contributed by atoms with Crippen molar-refractivity contribution < 1.29 is 30.0 Å². The van der Waals surface area contributed by atoms with Crippen LogP contribution in [0, 0.1) is 0 Å². The number of phenolic OH excluding ortho intramolecular Hbond substituents is 4. The van der Waals surface area contributed by atoms with E-state index in [1.807, 2.05) is 0 Å². The molecule has 0 bridgehead atoms. The van der Waals surface area contributed by atoms with Gasteiger partial charge in [-0.1, -0.05) is 12.1 Å². The smallest absolute Gasteiger partial charge is 0.338 e. The number of esters is 1. The maximum Gasteiger partial charge on any atom is 0.338 e.